The maximum atomic E-state index is 15.2. The Hall–Kier alpha value is -4.96. The van der Waals surface area contributed by atoms with Crippen molar-refractivity contribution in [3.05, 3.63) is 124 Å². The lowest BCUT2D eigenvalue weighted by Crippen LogP contribution is -2.27. The van der Waals surface area contributed by atoms with Crippen LogP contribution in [0.1, 0.15) is 21.5 Å². The Kier molecular flexibility index (Phi) is 6.76. The van der Waals surface area contributed by atoms with E-state index in [1.54, 1.807) is 37.6 Å². The molecule has 2 aromatic carbocycles. The molecule has 0 aliphatic rings. The third-order valence-electron chi connectivity index (χ3n) is 6.60. The van der Waals surface area contributed by atoms with Gasteiger partial charge in [0.25, 0.3) is 5.56 Å². The van der Waals surface area contributed by atoms with E-state index in [9.17, 15) is 14.0 Å². The van der Waals surface area contributed by atoms with Gasteiger partial charge in [-0.05, 0) is 66.6 Å². The van der Waals surface area contributed by atoms with Crippen molar-refractivity contribution in [1.29, 1.82) is 0 Å². The molecular formula is C31H22F2N4O3S. The number of pyridine rings is 2. The average Bonchev–Trinajstić information content (AvgIpc) is 3.58. The molecule has 6 rings (SSSR count). The number of hydrogen-bond acceptors (Lipinski definition) is 6. The number of ether oxygens (including phenoxy) is 1. The zero-order valence-corrected chi connectivity index (χ0v) is 22.8. The summed E-state index contributed by atoms with van der Waals surface area (Å²) in [5, 5.41) is 0. The zero-order valence-electron chi connectivity index (χ0n) is 22.0. The summed E-state index contributed by atoms with van der Waals surface area (Å²) < 4.78 is 38.4. The highest BCUT2D eigenvalue weighted by atomic mass is 32.1. The summed E-state index contributed by atoms with van der Waals surface area (Å²) in [6.45, 7) is 1.67. The number of ketones is 1. The van der Waals surface area contributed by atoms with Gasteiger partial charge in [-0.1, -0.05) is 6.07 Å². The van der Waals surface area contributed by atoms with Gasteiger partial charge < -0.3 is 9.30 Å². The first-order valence-corrected chi connectivity index (χ1v) is 13.4. The third-order valence-corrected chi connectivity index (χ3v) is 7.76. The molecule has 4 heterocycles. The molecule has 0 saturated heterocycles. The zero-order chi connectivity index (χ0) is 28.7. The van der Waals surface area contributed by atoms with Gasteiger partial charge in [0.2, 0.25) is 0 Å². The lowest BCUT2D eigenvalue weighted by molar-refractivity contribution is 0.0990. The molecule has 0 atom stereocenters. The fraction of sp³-hybridized carbons (Fsp3) is 0.0968. The standard InChI is InChI=1S/C31H22F2N4O3S/c1-18-10-12-37(21-6-4-20(32)5-7-21)31(39)29(18)25(38)14-19-3-8-26(22(33)13-19)40-27-9-11-34-23-15-28(41-30(23)27)24-16-36(2)17-35-24/h3-13,15-17H,14H2,1-2H3. The number of hydrogen-bond donors (Lipinski definition) is 0. The second-order valence-electron chi connectivity index (χ2n) is 9.55. The molecule has 0 bridgehead atoms. The van der Waals surface area contributed by atoms with E-state index < -0.39 is 23.0 Å². The molecule has 6 aromatic rings. The summed E-state index contributed by atoms with van der Waals surface area (Å²) in [4.78, 5) is 36.1. The molecule has 0 aliphatic heterocycles. The average molecular weight is 569 g/mol. The van der Waals surface area contributed by atoms with Gasteiger partial charge in [0.1, 0.15) is 11.6 Å². The molecule has 0 spiro atoms. The smallest absolute Gasteiger partial charge is 0.266 e. The Morgan fingerprint density at radius 2 is 1.80 bits per heavy atom. The van der Waals surface area contributed by atoms with Gasteiger partial charge in [-0.25, -0.2) is 13.8 Å². The number of halogens is 2. The van der Waals surface area contributed by atoms with Crippen molar-refractivity contribution in [2.24, 2.45) is 7.05 Å². The molecule has 0 amide bonds. The van der Waals surface area contributed by atoms with Crippen LogP contribution in [0.5, 0.6) is 11.5 Å². The number of aromatic nitrogens is 4. The van der Waals surface area contributed by atoms with Crippen molar-refractivity contribution in [2.75, 3.05) is 0 Å². The number of imidazole rings is 1. The van der Waals surface area contributed by atoms with Gasteiger partial charge in [-0.2, -0.15) is 0 Å². The van der Waals surface area contributed by atoms with Crippen molar-refractivity contribution in [3.63, 3.8) is 0 Å². The first-order valence-electron chi connectivity index (χ1n) is 12.6. The lowest BCUT2D eigenvalue weighted by atomic mass is 10.0. The highest BCUT2D eigenvalue weighted by Crippen LogP contribution is 2.39. The van der Waals surface area contributed by atoms with Gasteiger partial charge >= 0.3 is 0 Å². The van der Waals surface area contributed by atoms with Gasteiger partial charge in [-0.3, -0.25) is 19.1 Å². The van der Waals surface area contributed by atoms with Crippen LogP contribution in [0.25, 0.3) is 26.5 Å². The highest BCUT2D eigenvalue weighted by Gasteiger charge is 2.19. The molecular weight excluding hydrogens is 546 g/mol. The van der Waals surface area contributed by atoms with Crippen molar-refractivity contribution in [1.82, 2.24) is 19.1 Å². The first kappa shape index (κ1) is 26.3. The number of thiophene rings is 1. The number of Topliss-reactive ketones (excluding diaryl/α,β-unsaturated/α-hetero) is 1. The second kappa shape index (κ2) is 10.5. The summed E-state index contributed by atoms with van der Waals surface area (Å²) in [5.41, 5.74) is 2.31. The predicted octanol–water partition coefficient (Wildman–Crippen LogP) is 6.65. The summed E-state index contributed by atoms with van der Waals surface area (Å²) >= 11 is 1.45. The van der Waals surface area contributed by atoms with Crippen molar-refractivity contribution < 1.29 is 18.3 Å². The van der Waals surface area contributed by atoms with E-state index in [1.165, 1.54) is 58.5 Å². The molecule has 0 aliphatic carbocycles. The van der Waals surface area contributed by atoms with Crippen molar-refractivity contribution in [3.8, 4) is 27.8 Å². The fourth-order valence-corrected chi connectivity index (χ4v) is 5.59. The monoisotopic (exact) mass is 568 g/mol. The maximum absolute atomic E-state index is 15.2. The number of aryl methyl sites for hydroxylation is 2. The lowest BCUT2D eigenvalue weighted by Gasteiger charge is -2.11. The quantitative estimate of drug-likeness (QED) is 0.202. The molecule has 10 heteroatoms. The summed E-state index contributed by atoms with van der Waals surface area (Å²) in [5.74, 6) is -1.08. The van der Waals surface area contributed by atoms with Gasteiger partial charge in [0.05, 0.1) is 32.7 Å². The molecule has 41 heavy (non-hydrogen) atoms. The van der Waals surface area contributed by atoms with Crippen LogP contribution in [-0.4, -0.2) is 24.9 Å². The minimum atomic E-state index is -0.643. The molecule has 4 aromatic heterocycles. The number of fused-ring (bicyclic) bond motifs is 1. The summed E-state index contributed by atoms with van der Waals surface area (Å²) in [7, 11) is 1.89. The Morgan fingerprint density at radius 1 is 1.00 bits per heavy atom. The highest BCUT2D eigenvalue weighted by molar-refractivity contribution is 7.22. The molecule has 0 unspecified atom stereocenters. The number of rotatable bonds is 7. The number of benzene rings is 2. The molecule has 0 N–H and O–H groups in total. The number of carbonyl (C=O) groups excluding carboxylic acids is 1. The number of nitrogens with zero attached hydrogens (tertiary/aromatic N) is 4. The number of carbonyl (C=O) groups is 1. The van der Waals surface area contributed by atoms with Crippen LogP contribution in [0.3, 0.4) is 0 Å². The van der Waals surface area contributed by atoms with Gasteiger partial charge in [-0.15, -0.1) is 11.3 Å². The predicted molar refractivity (Wildman–Crippen MR) is 153 cm³/mol. The molecule has 0 fully saturated rings. The molecule has 0 radical (unpaired) electrons. The summed E-state index contributed by atoms with van der Waals surface area (Å²) in [6, 6.07) is 14.9. The Labute approximate surface area is 236 Å². The Balaban J connectivity index is 1.24. The SMILES string of the molecule is Cc1ccn(-c2ccc(F)cc2)c(=O)c1C(=O)Cc1ccc(Oc2ccnc3cc(-c4cn(C)cn4)sc23)c(F)c1. The van der Waals surface area contributed by atoms with Gasteiger partial charge in [0, 0.05) is 43.8 Å². The van der Waals surface area contributed by atoms with Crippen LogP contribution >= 0.6 is 11.3 Å². The summed E-state index contributed by atoms with van der Waals surface area (Å²) in [6.07, 6.45) is 6.57. The van der Waals surface area contributed by atoms with Crippen LogP contribution in [0, 0.1) is 18.6 Å². The van der Waals surface area contributed by atoms with Crippen LogP contribution in [-0.2, 0) is 13.5 Å². The van der Waals surface area contributed by atoms with E-state index in [4.69, 9.17) is 4.74 Å². The van der Waals surface area contributed by atoms with E-state index in [0.717, 1.165) is 15.3 Å². The third kappa shape index (κ3) is 5.17. The largest absolute Gasteiger partial charge is 0.453 e. The minimum absolute atomic E-state index is 0.00172. The normalized spacial score (nSPS) is 11.2. The minimum Gasteiger partial charge on any atom is -0.453 e. The maximum Gasteiger partial charge on any atom is 0.266 e. The molecule has 0 saturated carbocycles. The first-order chi connectivity index (χ1) is 19.8. The van der Waals surface area contributed by atoms with Gasteiger partial charge in [0.15, 0.2) is 17.3 Å². The van der Waals surface area contributed by atoms with Crippen LogP contribution in [0.15, 0.2) is 90.4 Å². The second-order valence-corrected chi connectivity index (χ2v) is 10.6. The van der Waals surface area contributed by atoms with E-state index in [0.29, 0.717) is 28.1 Å². The Morgan fingerprint density at radius 3 is 2.54 bits per heavy atom. The van der Waals surface area contributed by atoms with Crippen molar-refractivity contribution >= 4 is 27.3 Å². The molecule has 204 valence electrons. The van der Waals surface area contributed by atoms with E-state index >= 15 is 4.39 Å². The topological polar surface area (TPSA) is 79.0 Å². The van der Waals surface area contributed by atoms with Crippen molar-refractivity contribution in [2.45, 2.75) is 13.3 Å². The van der Waals surface area contributed by atoms with Crippen LogP contribution in [0.4, 0.5) is 8.78 Å². The van der Waals surface area contributed by atoms with E-state index in [-0.39, 0.29) is 17.7 Å². The van der Waals surface area contributed by atoms with E-state index in [1.807, 2.05) is 23.9 Å². The molecule has 7 nitrogen and oxygen atoms in total. The van der Waals surface area contributed by atoms with Crippen LogP contribution in [0.2, 0.25) is 0 Å². The fourth-order valence-electron chi connectivity index (χ4n) is 4.56. The Bertz CT molecular complexity index is 1990. The van der Waals surface area contributed by atoms with Crippen LogP contribution < -0.4 is 10.3 Å². The van der Waals surface area contributed by atoms with E-state index in [2.05, 4.69) is 9.97 Å².